The van der Waals surface area contributed by atoms with E-state index in [1.54, 1.807) is 12.3 Å². The molecule has 0 spiro atoms. The van der Waals surface area contributed by atoms with Gasteiger partial charge in [-0.2, -0.15) is 5.10 Å². The van der Waals surface area contributed by atoms with Crippen molar-refractivity contribution in [1.82, 2.24) is 14.8 Å². The summed E-state index contributed by atoms with van der Waals surface area (Å²) in [6.45, 7) is 4.58. The first-order valence-electron chi connectivity index (χ1n) is 9.00. The average Bonchev–Trinajstić information content (AvgIpc) is 3.41. The number of rotatable bonds is 6. The van der Waals surface area contributed by atoms with Crippen LogP contribution in [-0.2, 0) is 11.3 Å². The van der Waals surface area contributed by atoms with Crippen molar-refractivity contribution in [2.24, 2.45) is 0 Å². The first kappa shape index (κ1) is 19.3. The standard InChI is InChI=1S/C20H18N4O3S2/c1-3-27-19(26)15-11-28-20(21-15)22-17(25)16-9-14-12(2)23-24(18(14)29-16)10-13-7-5-4-6-8-13/h4-9,11H,3,10H2,1-2H3,(H,21,22,25). The number of amides is 1. The molecular formula is C20H18N4O3S2. The van der Waals surface area contributed by atoms with Crippen LogP contribution in [0.5, 0.6) is 0 Å². The zero-order valence-corrected chi connectivity index (χ0v) is 17.5. The van der Waals surface area contributed by atoms with Gasteiger partial charge in [-0.1, -0.05) is 30.3 Å². The van der Waals surface area contributed by atoms with Gasteiger partial charge in [0.2, 0.25) is 0 Å². The smallest absolute Gasteiger partial charge is 0.357 e. The topological polar surface area (TPSA) is 86.1 Å². The number of nitrogens with zero attached hydrogens (tertiary/aromatic N) is 3. The van der Waals surface area contributed by atoms with Crippen LogP contribution in [0.25, 0.3) is 10.2 Å². The lowest BCUT2D eigenvalue weighted by atomic mass is 10.2. The number of carbonyl (C=O) groups is 2. The van der Waals surface area contributed by atoms with Crippen molar-refractivity contribution in [2.45, 2.75) is 20.4 Å². The Labute approximate surface area is 175 Å². The Kier molecular flexibility index (Phi) is 5.41. The molecule has 0 aliphatic heterocycles. The van der Waals surface area contributed by atoms with E-state index in [1.165, 1.54) is 22.7 Å². The molecule has 3 heterocycles. The van der Waals surface area contributed by atoms with Crippen molar-refractivity contribution >= 4 is 49.9 Å². The van der Waals surface area contributed by atoms with Crippen LogP contribution in [0.1, 0.15) is 38.3 Å². The maximum atomic E-state index is 12.7. The van der Waals surface area contributed by atoms with E-state index in [0.717, 1.165) is 21.5 Å². The third-order valence-corrected chi connectivity index (χ3v) is 6.12. The van der Waals surface area contributed by atoms with Crippen molar-refractivity contribution < 1.29 is 14.3 Å². The molecule has 0 saturated carbocycles. The van der Waals surface area contributed by atoms with Crippen LogP contribution < -0.4 is 5.32 Å². The van der Waals surface area contributed by atoms with Crippen LogP contribution in [-0.4, -0.2) is 33.2 Å². The highest BCUT2D eigenvalue weighted by Crippen LogP contribution is 2.29. The lowest BCUT2D eigenvalue weighted by Gasteiger charge is -2.02. The summed E-state index contributed by atoms with van der Waals surface area (Å²) >= 11 is 2.57. The molecule has 0 aliphatic rings. The molecule has 3 aromatic heterocycles. The molecule has 0 fully saturated rings. The van der Waals surface area contributed by atoms with Gasteiger partial charge in [0.05, 0.1) is 23.7 Å². The summed E-state index contributed by atoms with van der Waals surface area (Å²) in [5, 5.41) is 10.2. The Balaban J connectivity index is 1.54. The van der Waals surface area contributed by atoms with Crippen molar-refractivity contribution in [1.29, 1.82) is 0 Å². The fourth-order valence-electron chi connectivity index (χ4n) is 2.88. The maximum absolute atomic E-state index is 12.7. The van der Waals surface area contributed by atoms with Crippen molar-refractivity contribution in [3.05, 3.63) is 63.6 Å². The summed E-state index contributed by atoms with van der Waals surface area (Å²) in [4.78, 5) is 30.0. The number of ether oxygens (including phenoxy) is 1. The molecule has 1 amide bonds. The second kappa shape index (κ2) is 8.14. The third-order valence-electron chi connectivity index (χ3n) is 4.22. The van der Waals surface area contributed by atoms with E-state index in [9.17, 15) is 9.59 Å². The lowest BCUT2D eigenvalue weighted by Crippen LogP contribution is -2.11. The first-order valence-corrected chi connectivity index (χ1v) is 10.7. The molecule has 0 atom stereocenters. The molecule has 1 N–H and O–H groups in total. The molecule has 29 heavy (non-hydrogen) atoms. The van der Waals surface area contributed by atoms with E-state index in [1.807, 2.05) is 48.0 Å². The molecule has 4 aromatic rings. The van der Waals surface area contributed by atoms with Crippen LogP contribution in [0, 0.1) is 6.92 Å². The second-order valence-electron chi connectivity index (χ2n) is 6.27. The fraction of sp³-hybridized carbons (Fsp3) is 0.200. The van der Waals surface area contributed by atoms with Gasteiger partial charge in [0.1, 0.15) is 4.83 Å². The number of benzene rings is 1. The van der Waals surface area contributed by atoms with E-state index in [2.05, 4.69) is 15.4 Å². The highest BCUT2D eigenvalue weighted by Gasteiger charge is 2.18. The van der Waals surface area contributed by atoms with Crippen LogP contribution in [0.2, 0.25) is 0 Å². The van der Waals surface area contributed by atoms with Gasteiger partial charge in [0.25, 0.3) is 5.91 Å². The minimum absolute atomic E-state index is 0.192. The molecule has 0 radical (unpaired) electrons. The molecule has 9 heteroatoms. The zero-order chi connectivity index (χ0) is 20.4. The molecule has 0 aliphatic carbocycles. The lowest BCUT2D eigenvalue weighted by molar-refractivity contribution is 0.0520. The highest BCUT2D eigenvalue weighted by molar-refractivity contribution is 7.20. The molecular weight excluding hydrogens is 408 g/mol. The minimum Gasteiger partial charge on any atom is -0.461 e. The summed E-state index contributed by atoms with van der Waals surface area (Å²) in [7, 11) is 0. The molecule has 148 valence electrons. The molecule has 0 unspecified atom stereocenters. The Morgan fingerprint density at radius 1 is 1.24 bits per heavy atom. The molecule has 0 saturated heterocycles. The minimum atomic E-state index is -0.497. The molecule has 7 nitrogen and oxygen atoms in total. The van der Waals surface area contributed by atoms with Crippen LogP contribution in [0.3, 0.4) is 0 Å². The van der Waals surface area contributed by atoms with E-state index in [0.29, 0.717) is 16.6 Å². The Bertz CT molecular complexity index is 1180. The van der Waals surface area contributed by atoms with Crippen molar-refractivity contribution in [3.8, 4) is 0 Å². The van der Waals surface area contributed by atoms with Crippen LogP contribution >= 0.6 is 22.7 Å². The summed E-state index contributed by atoms with van der Waals surface area (Å²) in [5.41, 5.74) is 2.22. The molecule has 1 aromatic carbocycles. The summed E-state index contributed by atoms with van der Waals surface area (Å²) in [6.07, 6.45) is 0. The van der Waals surface area contributed by atoms with Gasteiger partial charge in [-0.25, -0.2) is 9.78 Å². The third kappa shape index (κ3) is 4.06. The van der Waals surface area contributed by atoms with Gasteiger partial charge in [-0.3, -0.25) is 14.8 Å². The predicted molar refractivity (Wildman–Crippen MR) is 114 cm³/mol. The fourth-order valence-corrected chi connectivity index (χ4v) is 4.61. The number of carbonyl (C=O) groups excluding carboxylic acids is 2. The number of hydrogen-bond donors (Lipinski definition) is 1. The Hall–Kier alpha value is -3.04. The number of thiophene rings is 1. The van der Waals surface area contributed by atoms with Gasteiger partial charge in [0.15, 0.2) is 10.8 Å². The van der Waals surface area contributed by atoms with Gasteiger partial charge >= 0.3 is 5.97 Å². The van der Waals surface area contributed by atoms with Gasteiger partial charge in [-0.15, -0.1) is 22.7 Å². The number of thiazole rings is 1. The normalized spacial score (nSPS) is 11.0. The SMILES string of the molecule is CCOC(=O)c1csc(NC(=O)c2cc3c(C)nn(Cc4ccccc4)c3s2)n1. The quantitative estimate of drug-likeness (QED) is 0.464. The number of nitrogens with one attached hydrogen (secondary N) is 1. The highest BCUT2D eigenvalue weighted by atomic mass is 32.1. The maximum Gasteiger partial charge on any atom is 0.357 e. The number of hydrogen-bond acceptors (Lipinski definition) is 7. The number of fused-ring (bicyclic) bond motifs is 1. The Morgan fingerprint density at radius 3 is 2.79 bits per heavy atom. The van der Waals surface area contributed by atoms with Crippen molar-refractivity contribution in [2.75, 3.05) is 11.9 Å². The molecule has 0 bridgehead atoms. The number of aryl methyl sites for hydroxylation is 1. The predicted octanol–water partition coefficient (Wildman–Crippen LogP) is 4.34. The Morgan fingerprint density at radius 2 is 2.03 bits per heavy atom. The van der Waals surface area contributed by atoms with Crippen molar-refractivity contribution in [3.63, 3.8) is 0 Å². The summed E-state index contributed by atoms with van der Waals surface area (Å²) in [6, 6.07) is 11.9. The number of aromatic nitrogens is 3. The average molecular weight is 427 g/mol. The largest absolute Gasteiger partial charge is 0.461 e. The summed E-state index contributed by atoms with van der Waals surface area (Å²) < 4.78 is 6.84. The monoisotopic (exact) mass is 426 g/mol. The van der Waals surface area contributed by atoms with E-state index in [-0.39, 0.29) is 18.2 Å². The summed E-state index contributed by atoms with van der Waals surface area (Å²) in [5.74, 6) is -0.760. The first-order chi connectivity index (χ1) is 14.0. The molecule has 4 rings (SSSR count). The second-order valence-corrected chi connectivity index (χ2v) is 8.16. The van der Waals surface area contributed by atoms with Gasteiger partial charge < -0.3 is 4.74 Å². The number of anilines is 1. The van der Waals surface area contributed by atoms with Crippen LogP contribution in [0.15, 0.2) is 41.8 Å². The number of esters is 1. The van der Waals surface area contributed by atoms with Crippen LogP contribution in [0.4, 0.5) is 5.13 Å². The van der Waals surface area contributed by atoms with E-state index in [4.69, 9.17) is 4.74 Å². The van der Waals surface area contributed by atoms with Gasteiger partial charge in [-0.05, 0) is 25.5 Å². The van der Waals surface area contributed by atoms with E-state index >= 15 is 0 Å². The van der Waals surface area contributed by atoms with E-state index < -0.39 is 5.97 Å². The zero-order valence-electron chi connectivity index (χ0n) is 15.8. The van der Waals surface area contributed by atoms with Gasteiger partial charge in [0, 0.05) is 10.8 Å².